The van der Waals surface area contributed by atoms with Gasteiger partial charge in [-0.1, -0.05) is 97.1 Å². The number of hydrogen-bond acceptors (Lipinski definition) is 5. The van der Waals surface area contributed by atoms with E-state index in [1.165, 1.54) is 10.8 Å². The van der Waals surface area contributed by atoms with Crippen LogP contribution in [0.5, 0.6) is 0 Å². The quantitative estimate of drug-likeness (QED) is 0.189. The van der Waals surface area contributed by atoms with Gasteiger partial charge >= 0.3 is 0 Å². The molecule has 4 heterocycles. The molecule has 0 spiro atoms. The second-order valence-corrected chi connectivity index (χ2v) is 12.8. The number of nitrogens with zero attached hydrogens (tertiary/aromatic N) is 4. The van der Waals surface area contributed by atoms with Crippen LogP contribution in [0, 0.1) is 0 Å². The van der Waals surface area contributed by atoms with Gasteiger partial charge in [-0.15, -0.1) is 0 Å². The SMILES string of the molecule is c1ccc(-n2c3ccccc3c3ccccc32)c(-c2nc(-c3ccc4oc5ccccc5c4c3)nc(-c3cccc4c3oc3ccccc34)n2)c1. The van der Waals surface area contributed by atoms with Crippen LogP contribution in [0.4, 0.5) is 0 Å². The van der Waals surface area contributed by atoms with E-state index in [9.17, 15) is 0 Å². The van der Waals surface area contributed by atoms with E-state index in [0.717, 1.165) is 77.3 Å². The summed E-state index contributed by atoms with van der Waals surface area (Å²) in [6.45, 7) is 0. The third-order valence-electron chi connectivity index (χ3n) is 9.88. The molecule has 0 saturated heterocycles. The molecule has 4 aromatic heterocycles. The third kappa shape index (κ3) is 4.20. The van der Waals surface area contributed by atoms with Crippen LogP contribution in [-0.4, -0.2) is 19.5 Å². The first-order valence-electron chi connectivity index (χ1n) is 16.9. The molecule has 238 valence electrons. The van der Waals surface area contributed by atoms with Crippen molar-refractivity contribution in [3.63, 3.8) is 0 Å². The van der Waals surface area contributed by atoms with Gasteiger partial charge in [0.25, 0.3) is 0 Å². The molecule has 11 aromatic rings. The lowest BCUT2D eigenvalue weighted by Crippen LogP contribution is -2.03. The molecular formula is C45H26N4O2. The van der Waals surface area contributed by atoms with Crippen molar-refractivity contribution in [2.24, 2.45) is 0 Å². The second kappa shape index (κ2) is 10.7. The summed E-state index contributed by atoms with van der Waals surface area (Å²) in [6.07, 6.45) is 0. The first kappa shape index (κ1) is 27.9. The van der Waals surface area contributed by atoms with Crippen molar-refractivity contribution in [2.45, 2.75) is 0 Å². The zero-order valence-electron chi connectivity index (χ0n) is 27.1. The Labute approximate surface area is 290 Å². The predicted octanol–water partition coefficient (Wildman–Crippen LogP) is 11.8. The molecule has 0 aliphatic heterocycles. The highest BCUT2D eigenvalue weighted by Crippen LogP contribution is 2.39. The van der Waals surface area contributed by atoms with Crippen molar-refractivity contribution >= 4 is 65.7 Å². The number of rotatable bonds is 4. The molecule has 0 fully saturated rings. The van der Waals surface area contributed by atoms with Gasteiger partial charge in [0.15, 0.2) is 17.5 Å². The first-order chi connectivity index (χ1) is 25.3. The minimum Gasteiger partial charge on any atom is -0.456 e. The second-order valence-electron chi connectivity index (χ2n) is 12.8. The van der Waals surface area contributed by atoms with Crippen molar-refractivity contribution < 1.29 is 8.83 Å². The Morgan fingerprint density at radius 1 is 0.373 bits per heavy atom. The van der Waals surface area contributed by atoms with Gasteiger partial charge < -0.3 is 13.4 Å². The Morgan fingerprint density at radius 2 is 0.902 bits per heavy atom. The van der Waals surface area contributed by atoms with E-state index in [2.05, 4.69) is 95.6 Å². The van der Waals surface area contributed by atoms with Gasteiger partial charge in [-0.05, 0) is 60.7 Å². The minimum absolute atomic E-state index is 0.536. The third-order valence-corrected chi connectivity index (χ3v) is 9.88. The van der Waals surface area contributed by atoms with Crippen molar-refractivity contribution in [3.05, 3.63) is 158 Å². The Kier molecular flexibility index (Phi) is 5.86. The van der Waals surface area contributed by atoms with E-state index in [1.54, 1.807) is 0 Å². The zero-order valence-corrected chi connectivity index (χ0v) is 27.1. The summed E-state index contributed by atoms with van der Waals surface area (Å²) in [5, 5.41) is 6.51. The molecule has 0 aliphatic carbocycles. The number of fused-ring (bicyclic) bond motifs is 9. The molecule has 6 nitrogen and oxygen atoms in total. The summed E-state index contributed by atoms with van der Waals surface area (Å²) >= 11 is 0. The maximum atomic E-state index is 6.49. The van der Waals surface area contributed by atoms with Gasteiger partial charge in [-0.2, -0.15) is 0 Å². The highest BCUT2D eigenvalue weighted by atomic mass is 16.3. The summed E-state index contributed by atoms with van der Waals surface area (Å²) in [6, 6.07) is 53.9. The number of para-hydroxylation sites is 6. The molecule has 0 aliphatic rings. The van der Waals surface area contributed by atoms with E-state index in [0.29, 0.717) is 17.5 Å². The Bertz CT molecular complexity index is 3110. The fourth-order valence-corrected chi connectivity index (χ4v) is 7.57. The molecule has 0 saturated carbocycles. The lowest BCUT2D eigenvalue weighted by Gasteiger charge is -2.14. The van der Waals surface area contributed by atoms with Gasteiger partial charge in [0.2, 0.25) is 0 Å². The van der Waals surface area contributed by atoms with Crippen LogP contribution in [0.1, 0.15) is 0 Å². The highest BCUT2D eigenvalue weighted by Gasteiger charge is 2.21. The molecule has 0 atom stereocenters. The lowest BCUT2D eigenvalue weighted by molar-refractivity contribution is 0.669. The minimum atomic E-state index is 0.536. The molecule has 6 heteroatoms. The van der Waals surface area contributed by atoms with Crippen molar-refractivity contribution in [1.82, 2.24) is 19.5 Å². The summed E-state index contributed by atoms with van der Waals surface area (Å²) in [4.78, 5) is 15.6. The average Bonchev–Trinajstić information content (AvgIpc) is 3.87. The number of furan rings is 2. The van der Waals surface area contributed by atoms with Crippen molar-refractivity contribution in [1.29, 1.82) is 0 Å². The monoisotopic (exact) mass is 654 g/mol. The maximum Gasteiger partial charge on any atom is 0.167 e. The fourth-order valence-electron chi connectivity index (χ4n) is 7.57. The fraction of sp³-hybridized carbons (Fsp3) is 0. The lowest BCUT2D eigenvalue weighted by atomic mass is 10.1. The van der Waals surface area contributed by atoms with Crippen LogP contribution in [-0.2, 0) is 0 Å². The van der Waals surface area contributed by atoms with Gasteiger partial charge in [0.05, 0.1) is 22.3 Å². The number of aromatic nitrogens is 4. The molecule has 0 N–H and O–H groups in total. The van der Waals surface area contributed by atoms with Crippen molar-refractivity contribution in [2.75, 3.05) is 0 Å². The van der Waals surface area contributed by atoms with E-state index < -0.39 is 0 Å². The van der Waals surface area contributed by atoms with Crippen LogP contribution in [0.2, 0.25) is 0 Å². The smallest absolute Gasteiger partial charge is 0.167 e. The summed E-state index contributed by atoms with van der Waals surface area (Å²) in [7, 11) is 0. The molecule has 0 amide bonds. The van der Waals surface area contributed by atoms with Crippen LogP contribution in [0.15, 0.2) is 167 Å². The van der Waals surface area contributed by atoms with E-state index in [4.69, 9.17) is 23.8 Å². The topological polar surface area (TPSA) is 69.9 Å². The van der Waals surface area contributed by atoms with Crippen LogP contribution >= 0.6 is 0 Å². The standard InChI is InChI=1S/C45H26N4O2/c1-6-19-36-28(12-1)29-13-2-7-20-37(29)49(36)38-21-8-3-16-33(38)44-46-43(27-24-25-41-35(26-27)31-15-5-9-22-39(31)50-41)47-45(48-44)34-18-11-17-32-30-14-4-10-23-40(30)51-42(32)34/h1-26H. The van der Waals surface area contributed by atoms with E-state index >= 15 is 0 Å². The van der Waals surface area contributed by atoms with Gasteiger partial charge in [0.1, 0.15) is 22.3 Å². The average molecular weight is 655 g/mol. The highest BCUT2D eigenvalue weighted by molar-refractivity contribution is 6.11. The predicted molar refractivity (Wildman–Crippen MR) is 205 cm³/mol. The molecule has 0 unspecified atom stereocenters. The number of benzene rings is 7. The Hall–Kier alpha value is -7.05. The van der Waals surface area contributed by atoms with Crippen molar-refractivity contribution in [3.8, 4) is 39.9 Å². The molecular weight excluding hydrogens is 629 g/mol. The first-order valence-corrected chi connectivity index (χ1v) is 16.9. The van der Waals surface area contributed by atoms with E-state index in [1.807, 2.05) is 66.7 Å². The van der Waals surface area contributed by atoms with Crippen LogP contribution in [0.25, 0.3) is 106 Å². The maximum absolute atomic E-state index is 6.49. The zero-order chi connectivity index (χ0) is 33.5. The normalized spacial score (nSPS) is 11.9. The van der Waals surface area contributed by atoms with E-state index in [-0.39, 0.29) is 0 Å². The Balaban J connectivity index is 1.20. The summed E-state index contributed by atoms with van der Waals surface area (Å²) < 4.78 is 15.0. The van der Waals surface area contributed by atoms with Gasteiger partial charge in [0, 0.05) is 43.4 Å². The molecule has 11 rings (SSSR count). The van der Waals surface area contributed by atoms with Gasteiger partial charge in [-0.3, -0.25) is 0 Å². The van der Waals surface area contributed by atoms with Crippen LogP contribution < -0.4 is 0 Å². The summed E-state index contributed by atoms with van der Waals surface area (Å²) in [5.74, 6) is 1.67. The van der Waals surface area contributed by atoms with Crippen LogP contribution in [0.3, 0.4) is 0 Å². The largest absolute Gasteiger partial charge is 0.456 e. The molecule has 0 bridgehead atoms. The molecule has 51 heavy (non-hydrogen) atoms. The Morgan fingerprint density at radius 3 is 1.67 bits per heavy atom. The summed E-state index contributed by atoms with van der Waals surface area (Å²) in [5.41, 5.74) is 9.00. The molecule has 0 radical (unpaired) electrons. The van der Waals surface area contributed by atoms with Gasteiger partial charge in [-0.25, -0.2) is 15.0 Å². The number of hydrogen-bond donors (Lipinski definition) is 0. The molecule has 7 aromatic carbocycles.